The molecule has 0 radical (unpaired) electrons. The third kappa shape index (κ3) is 4.41. The molecule has 254 valence electrons. The van der Waals surface area contributed by atoms with Gasteiger partial charge in [-0.05, 0) is 99.7 Å². The number of rotatable bonds is 3. The molecule has 0 fully saturated rings. The highest BCUT2D eigenvalue weighted by atomic mass is 16.3. The summed E-state index contributed by atoms with van der Waals surface area (Å²) in [7, 11) is 0. The molecule has 1 heterocycles. The molecular formula is C54H32O. The molecule has 1 nitrogen and oxygen atoms in total. The molecule has 0 aliphatic heterocycles. The van der Waals surface area contributed by atoms with E-state index in [0.717, 1.165) is 65.0 Å². The minimum atomic E-state index is -0.451. The van der Waals surface area contributed by atoms with Crippen LogP contribution in [0.25, 0.3) is 120 Å². The molecule has 0 unspecified atom stereocenters. The molecule has 0 bridgehead atoms. The Bertz CT molecular complexity index is 3930. The van der Waals surface area contributed by atoms with Gasteiger partial charge in [0.15, 0.2) is 0 Å². The molecule has 0 spiro atoms. The van der Waals surface area contributed by atoms with Crippen molar-refractivity contribution in [2.24, 2.45) is 0 Å². The summed E-state index contributed by atoms with van der Waals surface area (Å²) in [5.41, 5.74) is 4.82. The summed E-state index contributed by atoms with van der Waals surface area (Å²) in [6.07, 6.45) is 0. The second kappa shape index (κ2) is 11.6. The van der Waals surface area contributed by atoms with Gasteiger partial charge in [-0.3, -0.25) is 0 Å². The van der Waals surface area contributed by atoms with Gasteiger partial charge in [-0.15, -0.1) is 0 Å². The summed E-state index contributed by atoms with van der Waals surface area (Å²) in [5.74, 6) is 0. The lowest BCUT2D eigenvalue weighted by Crippen LogP contribution is -1.92. The van der Waals surface area contributed by atoms with Gasteiger partial charge < -0.3 is 4.42 Å². The summed E-state index contributed by atoms with van der Waals surface area (Å²) in [4.78, 5) is 0. The van der Waals surface area contributed by atoms with Crippen molar-refractivity contribution in [1.82, 2.24) is 0 Å². The van der Waals surface area contributed by atoms with E-state index in [1.54, 1.807) is 6.07 Å². The minimum absolute atomic E-state index is 0.141. The normalized spacial score (nSPS) is 14.0. The van der Waals surface area contributed by atoms with Gasteiger partial charge in [0, 0.05) is 27.3 Å². The number of hydrogen-bond donors (Lipinski definition) is 0. The number of hydrogen-bond acceptors (Lipinski definition) is 1. The Hall–Kier alpha value is -7.22. The maximum Gasteiger partial charge on any atom is 0.143 e. The number of furan rings is 1. The maximum absolute atomic E-state index is 9.59. The van der Waals surface area contributed by atoms with Gasteiger partial charge in [-0.2, -0.15) is 0 Å². The molecule has 1 heteroatoms. The first kappa shape index (κ1) is 23.4. The Morgan fingerprint density at radius 1 is 0.309 bits per heavy atom. The molecule has 0 saturated heterocycles. The van der Waals surface area contributed by atoms with E-state index in [1.165, 1.54) is 0 Å². The van der Waals surface area contributed by atoms with E-state index in [2.05, 4.69) is 48.5 Å². The fourth-order valence-corrected chi connectivity index (χ4v) is 8.85. The van der Waals surface area contributed by atoms with Crippen LogP contribution < -0.4 is 0 Å². The maximum atomic E-state index is 9.59. The summed E-state index contributed by atoms with van der Waals surface area (Å²) in [6.45, 7) is 0. The molecule has 12 aromatic rings. The predicted octanol–water partition coefficient (Wildman–Crippen LogP) is 15.5. The molecule has 11 aromatic carbocycles. The molecule has 0 aliphatic carbocycles. The molecule has 12 rings (SSSR count). The van der Waals surface area contributed by atoms with E-state index in [9.17, 15) is 5.48 Å². The summed E-state index contributed by atoms with van der Waals surface area (Å²) >= 11 is 0. The summed E-state index contributed by atoms with van der Waals surface area (Å²) in [5, 5.41) is 10.2. The fraction of sp³-hybridized carbons (Fsp3) is 0. The van der Waals surface area contributed by atoms with E-state index in [0.29, 0.717) is 27.9 Å². The third-order valence-electron chi connectivity index (χ3n) is 11.3. The Labute approximate surface area is 328 Å². The first-order valence-electron chi connectivity index (χ1n) is 22.4. The average Bonchev–Trinajstić information content (AvgIpc) is 3.72. The largest absolute Gasteiger partial charge is 0.455 e. The van der Waals surface area contributed by atoms with Crippen LogP contribution in [0.3, 0.4) is 0 Å². The van der Waals surface area contributed by atoms with Crippen LogP contribution in [0.5, 0.6) is 0 Å². The van der Waals surface area contributed by atoms with Gasteiger partial charge in [0.25, 0.3) is 0 Å². The highest BCUT2D eigenvalue weighted by Crippen LogP contribution is 2.48. The van der Waals surface area contributed by atoms with Crippen molar-refractivity contribution in [2.45, 2.75) is 0 Å². The van der Waals surface area contributed by atoms with Crippen molar-refractivity contribution < 1.29 is 15.4 Å². The van der Waals surface area contributed by atoms with E-state index in [-0.39, 0.29) is 51.3 Å². The fourth-order valence-electron chi connectivity index (χ4n) is 8.85. The first-order chi connectivity index (χ1) is 30.6. The second-order valence-corrected chi connectivity index (χ2v) is 14.1. The lowest BCUT2D eigenvalue weighted by atomic mass is 9.84. The Balaban J connectivity index is 1.24. The van der Waals surface area contributed by atoms with Crippen LogP contribution in [0, 0.1) is 0 Å². The van der Waals surface area contributed by atoms with E-state index >= 15 is 0 Å². The van der Waals surface area contributed by atoms with Gasteiger partial charge in [0.2, 0.25) is 0 Å². The van der Waals surface area contributed by atoms with Crippen molar-refractivity contribution in [2.75, 3.05) is 0 Å². The summed E-state index contributed by atoms with van der Waals surface area (Å²) in [6, 6.07) is 45.4. The van der Waals surface area contributed by atoms with Gasteiger partial charge in [0.1, 0.15) is 11.2 Å². The summed E-state index contributed by atoms with van der Waals surface area (Å²) < 4.78 is 81.1. The van der Waals surface area contributed by atoms with Crippen molar-refractivity contribution in [1.29, 1.82) is 0 Å². The lowest BCUT2D eigenvalue weighted by molar-refractivity contribution is 0.674. The highest BCUT2D eigenvalue weighted by Gasteiger charge is 2.21. The van der Waals surface area contributed by atoms with E-state index in [4.69, 9.17) is 9.90 Å². The molecule has 0 saturated carbocycles. The Morgan fingerprint density at radius 2 is 0.855 bits per heavy atom. The highest BCUT2D eigenvalue weighted by molar-refractivity contribution is 6.26. The molecule has 0 N–H and O–H groups in total. The molecule has 0 atom stereocenters. The van der Waals surface area contributed by atoms with Crippen LogP contribution in [-0.4, -0.2) is 0 Å². The number of benzene rings is 11. The zero-order valence-corrected chi connectivity index (χ0v) is 29.3. The van der Waals surface area contributed by atoms with Crippen molar-refractivity contribution in [3.05, 3.63) is 194 Å². The van der Waals surface area contributed by atoms with Crippen LogP contribution >= 0.6 is 0 Å². The number of para-hydroxylation sites is 1. The Kier molecular flexibility index (Phi) is 4.96. The topological polar surface area (TPSA) is 13.1 Å². The van der Waals surface area contributed by atoms with Crippen molar-refractivity contribution >= 4 is 86.6 Å². The monoisotopic (exact) mass is 704 g/mol. The molecular weight excluding hydrogens is 665 g/mol. The van der Waals surface area contributed by atoms with Gasteiger partial charge >= 0.3 is 0 Å². The molecule has 1 aromatic heterocycles. The van der Waals surface area contributed by atoms with Crippen LogP contribution in [0.1, 0.15) is 11.0 Å². The van der Waals surface area contributed by atoms with Crippen LogP contribution in [0.4, 0.5) is 0 Å². The van der Waals surface area contributed by atoms with Crippen LogP contribution in [-0.2, 0) is 0 Å². The quantitative estimate of drug-likeness (QED) is 0.132. The zero-order chi connectivity index (χ0) is 43.0. The predicted molar refractivity (Wildman–Crippen MR) is 235 cm³/mol. The van der Waals surface area contributed by atoms with Crippen molar-refractivity contribution in [3.63, 3.8) is 0 Å². The number of fused-ring (bicyclic) bond motifs is 11. The van der Waals surface area contributed by atoms with Crippen molar-refractivity contribution in [3.8, 4) is 33.4 Å². The zero-order valence-electron chi connectivity index (χ0n) is 37.3. The first-order valence-corrected chi connectivity index (χ1v) is 18.4. The van der Waals surface area contributed by atoms with E-state index in [1.807, 2.05) is 91.0 Å². The SMILES string of the molecule is [2H]c1c([2H])c([2H])c2c(-c3cccc4c3oc3c5ccccc5ccc43)c3c([2H])c([2H])c([2H])c([2H])c3c(-c3ccc4cc(-c5cccc6ccccc56)c5ccccc5c4c3)c2c1[2H]. The third-order valence-corrected chi connectivity index (χ3v) is 11.3. The van der Waals surface area contributed by atoms with Crippen LogP contribution in [0.15, 0.2) is 198 Å². The van der Waals surface area contributed by atoms with E-state index < -0.39 is 24.2 Å². The second-order valence-electron chi connectivity index (χ2n) is 14.1. The van der Waals surface area contributed by atoms with Gasteiger partial charge in [-0.1, -0.05) is 176 Å². The lowest BCUT2D eigenvalue weighted by Gasteiger charge is -2.19. The molecule has 55 heavy (non-hydrogen) atoms. The Morgan fingerprint density at radius 3 is 1.62 bits per heavy atom. The van der Waals surface area contributed by atoms with Gasteiger partial charge in [0.05, 0.1) is 11.0 Å². The van der Waals surface area contributed by atoms with Gasteiger partial charge in [-0.25, -0.2) is 0 Å². The molecule has 0 amide bonds. The minimum Gasteiger partial charge on any atom is -0.455 e. The average molecular weight is 705 g/mol. The standard InChI is InChI=1S/C54H32O/c1-3-16-37-33(13-1)15-11-24-39(37)50-31-35-27-28-36(32-49(35)40-18-5-6-19-41(40)50)51-42-20-7-9-22-44(42)52(45-23-10-8-21-43(45)51)48-26-12-25-46-47-30-29-34-14-2-4-17-38(34)53(47)55-54(46)48/h1-32H/i7D,8D,9D,10D,20D,21D,22D,23D. The molecule has 0 aliphatic rings. The van der Waals surface area contributed by atoms with Crippen LogP contribution in [0.2, 0.25) is 0 Å². The smallest absolute Gasteiger partial charge is 0.143 e.